The zero-order valence-electron chi connectivity index (χ0n) is 29.8. The van der Waals surface area contributed by atoms with Crippen LogP contribution in [-0.4, -0.2) is 0 Å². The van der Waals surface area contributed by atoms with Crippen molar-refractivity contribution in [2.45, 2.75) is 19.3 Å². The van der Waals surface area contributed by atoms with E-state index in [0.717, 1.165) is 0 Å². The second-order valence-electron chi connectivity index (χ2n) is 15.3. The molecular formula is C53H36. The van der Waals surface area contributed by atoms with E-state index < -0.39 is 0 Å². The quantitative estimate of drug-likeness (QED) is 0.164. The van der Waals surface area contributed by atoms with E-state index in [-0.39, 0.29) is 5.41 Å². The van der Waals surface area contributed by atoms with Crippen molar-refractivity contribution in [1.82, 2.24) is 0 Å². The summed E-state index contributed by atoms with van der Waals surface area (Å²) in [5.41, 5.74) is 13.1. The molecule has 10 aromatic rings. The lowest BCUT2D eigenvalue weighted by Crippen LogP contribution is -2.14. The van der Waals surface area contributed by atoms with Gasteiger partial charge >= 0.3 is 0 Å². The summed E-state index contributed by atoms with van der Waals surface area (Å²) in [7, 11) is 0. The molecule has 0 radical (unpaired) electrons. The van der Waals surface area contributed by atoms with Crippen molar-refractivity contribution in [3.63, 3.8) is 0 Å². The van der Waals surface area contributed by atoms with E-state index in [1.54, 1.807) is 0 Å². The van der Waals surface area contributed by atoms with Crippen molar-refractivity contribution in [3.05, 3.63) is 193 Å². The van der Waals surface area contributed by atoms with Gasteiger partial charge in [0.2, 0.25) is 0 Å². The molecule has 0 amide bonds. The van der Waals surface area contributed by atoms with Crippen LogP contribution >= 0.6 is 0 Å². The van der Waals surface area contributed by atoms with E-state index in [9.17, 15) is 0 Å². The van der Waals surface area contributed by atoms with Crippen molar-refractivity contribution < 1.29 is 0 Å². The fraction of sp³-hybridized carbons (Fsp3) is 0.0566. The molecule has 0 heteroatoms. The topological polar surface area (TPSA) is 0 Å². The van der Waals surface area contributed by atoms with Crippen molar-refractivity contribution in [2.75, 3.05) is 0 Å². The second kappa shape index (κ2) is 11.2. The second-order valence-corrected chi connectivity index (χ2v) is 15.3. The Morgan fingerprint density at radius 2 is 0.660 bits per heavy atom. The van der Waals surface area contributed by atoms with E-state index >= 15 is 0 Å². The van der Waals surface area contributed by atoms with Crippen LogP contribution in [0.1, 0.15) is 25.0 Å². The highest BCUT2D eigenvalue weighted by atomic mass is 14.4. The number of benzene rings is 10. The van der Waals surface area contributed by atoms with E-state index in [0.29, 0.717) is 0 Å². The molecule has 53 heavy (non-hydrogen) atoms. The average Bonchev–Trinajstić information content (AvgIpc) is 3.42. The molecule has 1 aliphatic carbocycles. The molecule has 0 saturated carbocycles. The van der Waals surface area contributed by atoms with E-state index in [2.05, 4.69) is 196 Å². The van der Waals surface area contributed by atoms with Gasteiger partial charge in [-0.3, -0.25) is 0 Å². The third-order valence-electron chi connectivity index (χ3n) is 12.0. The van der Waals surface area contributed by atoms with Gasteiger partial charge in [0.05, 0.1) is 0 Å². The van der Waals surface area contributed by atoms with Gasteiger partial charge in [0.1, 0.15) is 0 Å². The van der Waals surface area contributed by atoms with Gasteiger partial charge in [-0.05, 0) is 146 Å². The van der Waals surface area contributed by atoms with Crippen LogP contribution in [0.3, 0.4) is 0 Å². The Hall–Kier alpha value is -6.50. The number of hydrogen-bond donors (Lipinski definition) is 0. The molecule has 11 rings (SSSR count). The van der Waals surface area contributed by atoms with Crippen LogP contribution in [0.4, 0.5) is 0 Å². The first-order valence-electron chi connectivity index (χ1n) is 18.7. The summed E-state index contributed by atoms with van der Waals surface area (Å²) in [6.45, 7) is 4.73. The van der Waals surface area contributed by atoms with Gasteiger partial charge in [0.15, 0.2) is 0 Å². The molecule has 0 spiro atoms. The monoisotopic (exact) mass is 672 g/mol. The Bertz CT molecular complexity index is 3080. The summed E-state index contributed by atoms with van der Waals surface area (Å²) in [5, 5.41) is 12.7. The summed E-state index contributed by atoms with van der Waals surface area (Å²) in [4.78, 5) is 0. The van der Waals surface area contributed by atoms with Crippen LogP contribution < -0.4 is 0 Å². The zero-order valence-corrected chi connectivity index (χ0v) is 29.8. The molecule has 0 nitrogen and oxygen atoms in total. The first-order chi connectivity index (χ1) is 26.0. The predicted molar refractivity (Wildman–Crippen MR) is 228 cm³/mol. The minimum atomic E-state index is -0.0327. The van der Waals surface area contributed by atoms with Gasteiger partial charge in [-0.1, -0.05) is 159 Å². The summed E-state index contributed by atoms with van der Waals surface area (Å²) < 4.78 is 0. The standard InChI is InChI=1S/C53H36/c1-53(2)49-26-25-40(31-47(49)48-30-35-13-5-6-14-36(35)32-50(48)53)38-20-21-39-29-42(24-22-37(39)27-38)52-45-17-9-7-15-43(45)51(44-16-8-10-18-46(44)52)41-23-19-33-11-3-4-12-34(33)28-41/h3-32H,1-2H3. The summed E-state index contributed by atoms with van der Waals surface area (Å²) >= 11 is 0. The fourth-order valence-electron chi connectivity index (χ4n) is 9.29. The molecule has 0 aliphatic heterocycles. The smallest absolute Gasteiger partial charge is 0.0159 e. The van der Waals surface area contributed by atoms with E-state index in [4.69, 9.17) is 0 Å². The lowest BCUT2D eigenvalue weighted by Gasteiger charge is -2.22. The SMILES string of the molecule is CC1(C)c2ccc(-c3ccc4cc(-c5c6ccccc6c(-c6ccc7ccccc7c6)c6ccccc56)ccc4c3)cc2-c2cc3ccccc3cc21. The third kappa shape index (κ3) is 4.55. The Morgan fingerprint density at radius 3 is 1.25 bits per heavy atom. The van der Waals surface area contributed by atoms with Crippen LogP contribution in [-0.2, 0) is 5.41 Å². The maximum absolute atomic E-state index is 2.42. The van der Waals surface area contributed by atoms with Crippen LogP contribution in [0, 0.1) is 0 Å². The van der Waals surface area contributed by atoms with Crippen molar-refractivity contribution >= 4 is 53.9 Å². The minimum Gasteiger partial charge on any atom is -0.0616 e. The molecule has 0 bridgehead atoms. The maximum Gasteiger partial charge on any atom is 0.0159 e. The first kappa shape index (κ1) is 30.2. The Kier molecular flexibility index (Phi) is 6.40. The normalized spacial score (nSPS) is 13.2. The molecule has 10 aromatic carbocycles. The van der Waals surface area contributed by atoms with Crippen LogP contribution in [0.2, 0.25) is 0 Å². The molecule has 0 saturated heterocycles. The summed E-state index contributed by atoms with van der Waals surface area (Å²) in [6, 6.07) is 68.0. The molecular weight excluding hydrogens is 637 g/mol. The largest absolute Gasteiger partial charge is 0.0616 e. The number of rotatable bonds is 3. The predicted octanol–water partition coefficient (Wildman–Crippen LogP) is 14.8. The van der Waals surface area contributed by atoms with Crippen LogP contribution in [0.15, 0.2) is 182 Å². The van der Waals surface area contributed by atoms with Gasteiger partial charge in [0, 0.05) is 5.41 Å². The third-order valence-corrected chi connectivity index (χ3v) is 12.0. The molecule has 0 N–H and O–H groups in total. The lowest BCUT2D eigenvalue weighted by atomic mass is 9.81. The van der Waals surface area contributed by atoms with E-state index in [1.165, 1.54) is 109 Å². The van der Waals surface area contributed by atoms with Gasteiger partial charge in [0.25, 0.3) is 0 Å². The molecule has 0 fully saturated rings. The highest BCUT2D eigenvalue weighted by molar-refractivity contribution is 6.22. The Labute approximate surface area is 309 Å². The molecule has 1 aliphatic rings. The average molecular weight is 673 g/mol. The van der Waals surface area contributed by atoms with Crippen LogP contribution in [0.25, 0.3) is 98.4 Å². The van der Waals surface area contributed by atoms with Crippen molar-refractivity contribution in [3.8, 4) is 44.5 Å². The number of fused-ring (bicyclic) bond motifs is 8. The minimum absolute atomic E-state index is 0.0327. The van der Waals surface area contributed by atoms with Gasteiger partial charge in [-0.15, -0.1) is 0 Å². The highest BCUT2D eigenvalue weighted by Crippen LogP contribution is 2.51. The molecule has 0 aromatic heterocycles. The van der Waals surface area contributed by atoms with Crippen molar-refractivity contribution in [2.24, 2.45) is 0 Å². The summed E-state index contributed by atoms with van der Waals surface area (Å²) in [5.74, 6) is 0. The molecule has 0 heterocycles. The Balaban J connectivity index is 1.04. The van der Waals surface area contributed by atoms with Gasteiger partial charge in [-0.25, -0.2) is 0 Å². The highest BCUT2D eigenvalue weighted by Gasteiger charge is 2.35. The van der Waals surface area contributed by atoms with Crippen LogP contribution in [0.5, 0.6) is 0 Å². The first-order valence-corrected chi connectivity index (χ1v) is 18.7. The Morgan fingerprint density at radius 1 is 0.283 bits per heavy atom. The lowest BCUT2D eigenvalue weighted by molar-refractivity contribution is 0.661. The van der Waals surface area contributed by atoms with Crippen molar-refractivity contribution in [1.29, 1.82) is 0 Å². The molecule has 0 atom stereocenters. The van der Waals surface area contributed by atoms with Gasteiger partial charge < -0.3 is 0 Å². The van der Waals surface area contributed by atoms with E-state index in [1.807, 2.05) is 0 Å². The number of hydrogen-bond acceptors (Lipinski definition) is 0. The maximum atomic E-state index is 2.42. The fourth-order valence-corrected chi connectivity index (χ4v) is 9.29. The molecule has 248 valence electrons. The molecule has 0 unspecified atom stereocenters. The zero-order chi connectivity index (χ0) is 35.3. The van der Waals surface area contributed by atoms with Gasteiger partial charge in [-0.2, -0.15) is 0 Å². The summed E-state index contributed by atoms with van der Waals surface area (Å²) in [6.07, 6.45) is 0.